The molecule has 0 aliphatic heterocycles. The lowest BCUT2D eigenvalue weighted by Gasteiger charge is -2.11. The van der Waals surface area contributed by atoms with E-state index in [0.29, 0.717) is 21.8 Å². The lowest BCUT2D eigenvalue weighted by atomic mass is 10.2. The van der Waals surface area contributed by atoms with Gasteiger partial charge in [0.05, 0.1) is 19.7 Å². The molecule has 1 unspecified atom stereocenters. The SMILES string of the molecule is COc1cccc2cc(C(C)NC(=O)CNC(=O)c3ccc(Br)o3)oc12. The predicted octanol–water partition coefficient (Wildman–Crippen LogP) is 3.40. The maximum absolute atomic E-state index is 12.1. The Bertz CT molecular complexity index is 946. The Hall–Kier alpha value is -2.74. The maximum Gasteiger partial charge on any atom is 0.287 e. The normalized spacial score (nSPS) is 12.0. The van der Waals surface area contributed by atoms with E-state index in [1.807, 2.05) is 18.2 Å². The summed E-state index contributed by atoms with van der Waals surface area (Å²) in [5, 5.41) is 6.16. The van der Waals surface area contributed by atoms with Crippen molar-refractivity contribution in [2.75, 3.05) is 13.7 Å². The van der Waals surface area contributed by atoms with Crippen LogP contribution in [0.3, 0.4) is 0 Å². The van der Waals surface area contributed by atoms with E-state index in [2.05, 4.69) is 26.6 Å². The zero-order valence-electron chi connectivity index (χ0n) is 14.2. The Kier molecular flexibility index (Phi) is 5.32. The summed E-state index contributed by atoms with van der Waals surface area (Å²) in [7, 11) is 1.57. The molecule has 0 aliphatic rings. The number of para-hydroxylation sites is 1. The van der Waals surface area contributed by atoms with E-state index < -0.39 is 5.91 Å². The summed E-state index contributed by atoms with van der Waals surface area (Å²) in [6.07, 6.45) is 0. The molecule has 0 bridgehead atoms. The second-order valence-corrected chi connectivity index (χ2v) is 6.38. The van der Waals surface area contributed by atoms with Crippen LogP contribution in [0.25, 0.3) is 11.0 Å². The molecule has 1 aromatic carbocycles. The minimum atomic E-state index is -0.466. The molecule has 136 valence electrons. The van der Waals surface area contributed by atoms with Crippen LogP contribution in [0.4, 0.5) is 0 Å². The van der Waals surface area contributed by atoms with Crippen LogP contribution in [0, 0.1) is 0 Å². The van der Waals surface area contributed by atoms with Gasteiger partial charge in [0.2, 0.25) is 5.91 Å². The standard InChI is InChI=1S/C18H17BrN2O5/c1-10(14-8-11-4-3-5-12(24-2)17(11)26-14)21-16(22)9-20-18(23)13-6-7-15(19)25-13/h3-8,10H,9H2,1-2H3,(H,20,23)(H,21,22). The van der Waals surface area contributed by atoms with Gasteiger partial charge in [-0.05, 0) is 47.1 Å². The minimum Gasteiger partial charge on any atom is -0.493 e. The van der Waals surface area contributed by atoms with Gasteiger partial charge in [-0.15, -0.1) is 0 Å². The van der Waals surface area contributed by atoms with Gasteiger partial charge in [-0.25, -0.2) is 0 Å². The molecule has 1 atom stereocenters. The number of hydrogen-bond acceptors (Lipinski definition) is 5. The number of amides is 2. The molecule has 2 amide bonds. The molecule has 8 heteroatoms. The highest BCUT2D eigenvalue weighted by molar-refractivity contribution is 9.10. The third-order valence-corrected chi connectivity index (χ3v) is 4.18. The Morgan fingerprint density at radius 1 is 1.23 bits per heavy atom. The average molecular weight is 421 g/mol. The molecule has 0 aliphatic carbocycles. The molecule has 26 heavy (non-hydrogen) atoms. The summed E-state index contributed by atoms with van der Waals surface area (Å²) < 4.78 is 16.6. The summed E-state index contributed by atoms with van der Waals surface area (Å²) >= 11 is 3.12. The minimum absolute atomic E-state index is 0.127. The molecule has 0 fully saturated rings. The fraction of sp³-hybridized carbons (Fsp3) is 0.222. The van der Waals surface area contributed by atoms with Crippen LogP contribution in [0.1, 0.15) is 29.3 Å². The second-order valence-electron chi connectivity index (χ2n) is 5.60. The van der Waals surface area contributed by atoms with Gasteiger partial charge >= 0.3 is 0 Å². The average Bonchev–Trinajstić information content (AvgIpc) is 3.25. The van der Waals surface area contributed by atoms with E-state index in [-0.39, 0.29) is 24.3 Å². The Morgan fingerprint density at radius 3 is 2.73 bits per heavy atom. The van der Waals surface area contributed by atoms with Crippen molar-refractivity contribution in [2.24, 2.45) is 0 Å². The summed E-state index contributed by atoms with van der Waals surface area (Å²) in [4.78, 5) is 23.9. The monoisotopic (exact) mass is 420 g/mol. The van der Waals surface area contributed by atoms with E-state index in [1.165, 1.54) is 6.07 Å². The molecule has 2 heterocycles. The zero-order chi connectivity index (χ0) is 18.7. The number of benzene rings is 1. The van der Waals surface area contributed by atoms with Crippen molar-refractivity contribution < 1.29 is 23.2 Å². The zero-order valence-corrected chi connectivity index (χ0v) is 15.8. The van der Waals surface area contributed by atoms with Crippen LogP contribution in [0.5, 0.6) is 5.75 Å². The molecule has 0 saturated carbocycles. The predicted molar refractivity (Wildman–Crippen MR) is 98.1 cm³/mol. The van der Waals surface area contributed by atoms with E-state index >= 15 is 0 Å². The van der Waals surface area contributed by atoms with Crippen molar-refractivity contribution in [1.29, 1.82) is 0 Å². The van der Waals surface area contributed by atoms with E-state index in [9.17, 15) is 9.59 Å². The van der Waals surface area contributed by atoms with Gasteiger partial charge < -0.3 is 24.2 Å². The molecule has 2 aromatic heterocycles. The first kappa shape index (κ1) is 18.1. The number of nitrogens with one attached hydrogen (secondary N) is 2. The van der Waals surface area contributed by atoms with Gasteiger partial charge in [0.25, 0.3) is 5.91 Å². The molecule has 0 radical (unpaired) electrons. The van der Waals surface area contributed by atoms with E-state index in [4.69, 9.17) is 13.6 Å². The Balaban J connectivity index is 1.59. The van der Waals surface area contributed by atoms with Gasteiger partial charge in [0.1, 0.15) is 5.76 Å². The fourth-order valence-electron chi connectivity index (χ4n) is 2.48. The number of furan rings is 2. The number of methoxy groups -OCH3 is 1. The number of halogens is 1. The molecule has 0 saturated heterocycles. The molecule has 3 rings (SSSR count). The maximum atomic E-state index is 12.1. The Morgan fingerprint density at radius 2 is 2.04 bits per heavy atom. The number of carbonyl (C=O) groups is 2. The van der Waals surface area contributed by atoms with E-state index in [0.717, 1.165) is 5.39 Å². The number of hydrogen-bond donors (Lipinski definition) is 2. The number of carbonyl (C=O) groups excluding carboxylic acids is 2. The third kappa shape index (κ3) is 3.91. The highest BCUT2D eigenvalue weighted by atomic mass is 79.9. The van der Waals surface area contributed by atoms with Crippen molar-refractivity contribution >= 4 is 38.7 Å². The largest absolute Gasteiger partial charge is 0.493 e. The van der Waals surface area contributed by atoms with Gasteiger partial charge in [0.15, 0.2) is 21.8 Å². The van der Waals surface area contributed by atoms with Gasteiger partial charge in [0, 0.05) is 5.39 Å². The summed E-state index contributed by atoms with van der Waals surface area (Å²) in [6.45, 7) is 1.62. The van der Waals surface area contributed by atoms with Crippen molar-refractivity contribution in [3.8, 4) is 5.75 Å². The fourth-order valence-corrected chi connectivity index (χ4v) is 2.78. The van der Waals surface area contributed by atoms with Gasteiger partial charge in [-0.1, -0.05) is 12.1 Å². The van der Waals surface area contributed by atoms with Crippen molar-refractivity contribution in [2.45, 2.75) is 13.0 Å². The topological polar surface area (TPSA) is 93.7 Å². The first-order chi connectivity index (χ1) is 12.5. The first-order valence-corrected chi connectivity index (χ1v) is 8.66. The summed E-state index contributed by atoms with van der Waals surface area (Å²) in [6, 6.07) is 10.2. The van der Waals surface area contributed by atoms with Crippen LogP contribution < -0.4 is 15.4 Å². The van der Waals surface area contributed by atoms with Gasteiger partial charge in [-0.2, -0.15) is 0 Å². The second kappa shape index (κ2) is 7.65. The number of ether oxygens (including phenoxy) is 1. The molecule has 2 N–H and O–H groups in total. The summed E-state index contributed by atoms with van der Waals surface area (Å²) in [5.74, 6) is 0.543. The third-order valence-electron chi connectivity index (χ3n) is 3.76. The molecular weight excluding hydrogens is 404 g/mol. The van der Waals surface area contributed by atoms with Crippen molar-refractivity contribution in [3.63, 3.8) is 0 Å². The lowest BCUT2D eigenvalue weighted by molar-refractivity contribution is -0.120. The Labute approximate surface area is 157 Å². The van der Waals surface area contributed by atoms with Crippen molar-refractivity contribution in [1.82, 2.24) is 10.6 Å². The first-order valence-electron chi connectivity index (χ1n) is 7.87. The van der Waals surface area contributed by atoms with Crippen LogP contribution in [0.15, 0.2) is 49.9 Å². The van der Waals surface area contributed by atoms with Crippen LogP contribution in [-0.2, 0) is 4.79 Å². The molecule has 7 nitrogen and oxygen atoms in total. The van der Waals surface area contributed by atoms with Crippen LogP contribution in [0.2, 0.25) is 0 Å². The number of fused-ring (bicyclic) bond motifs is 1. The highest BCUT2D eigenvalue weighted by Gasteiger charge is 2.17. The lowest BCUT2D eigenvalue weighted by Crippen LogP contribution is -2.37. The van der Waals surface area contributed by atoms with E-state index in [1.54, 1.807) is 26.2 Å². The highest BCUT2D eigenvalue weighted by Crippen LogP contribution is 2.30. The van der Waals surface area contributed by atoms with Crippen LogP contribution >= 0.6 is 15.9 Å². The quantitative estimate of drug-likeness (QED) is 0.637. The van der Waals surface area contributed by atoms with Gasteiger partial charge in [-0.3, -0.25) is 9.59 Å². The molecule has 3 aromatic rings. The molecular formula is C18H17BrN2O5. The summed E-state index contributed by atoms with van der Waals surface area (Å²) in [5.41, 5.74) is 0.628. The number of rotatable bonds is 6. The smallest absolute Gasteiger partial charge is 0.287 e. The van der Waals surface area contributed by atoms with Crippen molar-refractivity contribution in [3.05, 3.63) is 52.6 Å². The molecule has 0 spiro atoms. The van der Waals surface area contributed by atoms with Crippen LogP contribution in [-0.4, -0.2) is 25.5 Å².